The zero-order chi connectivity index (χ0) is 69.5. The second kappa shape index (κ2) is 27.1. The largest absolute Gasteiger partial charge is 0.478 e. The Balaban J connectivity index is 0.000000107. The summed E-state index contributed by atoms with van der Waals surface area (Å²) in [6.45, 7) is 0. The minimum Gasteiger partial charge on any atom is -0.478 e. The van der Waals surface area contributed by atoms with E-state index in [9.17, 15) is 24.6 Å². The zero-order valence-corrected chi connectivity index (χ0v) is 56.5. The van der Waals surface area contributed by atoms with Crippen molar-refractivity contribution in [3.63, 3.8) is 0 Å². The number of carbonyl (C=O) groups is 3. The van der Waals surface area contributed by atoms with Crippen molar-refractivity contribution < 1.29 is 29.7 Å². The minimum atomic E-state index is -0.910. The van der Waals surface area contributed by atoms with E-state index in [2.05, 4.69) is 231 Å². The minimum absolute atomic E-state index is 0.296. The summed E-state index contributed by atoms with van der Waals surface area (Å²) in [6.07, 6.45) is 0. The Morgan fingerprint density at radius 2 is 0.441 bits per heavy atom. The van der Waals surface area contributed by atoms with Crippen molar-refractivity contribution >= 4 is 176 Å². The maximum Gasteiger partial charge on any atom is 0.336 e. The summed E-state index contributed by atoms with van der Waals surface area (Å²) in [5, 5.41) is 55.4. The van der Waals surface area contributed by atoms with Gasteiger partial charge in [-0.2, -0.15) is 0 Å². The fraction of sp³-hybridized carbons (Fsp3) is 0. The average molecular weight is 1350 g/mol. The number of fused-ring (bicyclic) bond motifs is 12. The van der Waals surface area contributed by atoms with Crippen LogP contribution in [0.25, 0.3) is 163 Å². The summed E-state index contributed by atoms with van der Waals surface area (Å²) >= 11 is 9.87. The molecule has 3 N–H and O–H groups in total. The number of hydrogen-bond acceptors (Lipinski definition) is 4. The van der Waals surface area contributed by atoms with Crippen LogP contribution in [0.15, 0.2) is 340 Å². The summed E-state index contributed by atoms with van der Waals surface area (Å²) in [6, 6.07) is 115. The van der Waals surface area contributed by atoms with Gasteiger partial charge >= 0.3 is 17.9 Å². The van der Waals surface area contributed by atoms with Gasteiger partial charge in [-0.15, -0.1) is 12.6 Å². The molecule has 0 spiro atoms. The van der Waals surface area contributed by atoms with Crippen LogP contribution in [-0.4, -0.2) is 37.4 Å². The Morgan fingerprint density at radius 3 is 0.765 bits per heavy atom. The van der Waals surface area contributed by atoms with Crippen LogP contribution in [0.3, 0.4) is 0 Å². The summed E-state index contributed by atoms with van der Waals surface area (Å²) in [5.41, 5.74) is 8.67. The molecule has 0 heterocycles. The molecule has 19 rings (SSSR count). The van der Waals surface area contributed by atoms with Crippen LogP contribution in [0.1, 0.15) is 36.6 Å². The Bertz CT molecular complexity index is 6430. The van der Waals surface area contributed by atoms with E-state index in [-0.39, 0.29) is 0 Å². The summed E-state index contributed by atoms with van der Waals surface area (Å²) in [7, 11) is 0. The lowest BCUT2D eigenvalue weighted by Gasteiger charge is -2.14. The van der Waals surface area contributed by atoms with E-state index in [0.29, 0.717) is 20.9 Å². The Hall–Kier alpha value is -12.9. The summed E-state index contributed by atoms with van der Waals surface area (Å²) in [4.78, 5) is 34.1. The third-order valence-electron chi connectivity index (χ3n) is 19.4. The highest BCUT2D eigenvalue weighted by molar-refractivity contribution is 8.12. The molecule has 19 aromatic carbocycles. The number of rotatable bonds is 7. The second-order valence-electron chi connectivity index (χ2n) is 25.5. The topological polar surface area (TPSA) is 112 Å². The number of thiol groups is 1. The first-order valence-corrected chi connectivity index (χ1v) is 34.3. The highest BCUT2D eigenvalue weighted by atomic mass is 32.1. The maximum atomic E-state index is 11.8. The number of aromatic carboxylic acids is 3. The first-order valence-electron chi connectivity index (χ1n) is 33.5. The van der Waals surface area contributed by atoms with Gasteiger partial charge in [0.15, 0.2) is 0 Å². The standard InChI is InChI=1S/C31H20O2.C25H16O2.C19H12O2.C19H12S2/c32-31(33)23-15-11-21(12-16-23)20-9-13-22(14-10-20)30-28-8-4-3-7-26(28)18-27-17-24-5-1-2-6-25(24)19-29(27)30;26-25(27)17-11-9-16(10-12-17)24-22-8-4-3-7-20(22)14-21-13-18-5-1-2-6-19(18)15-23(21)24;2*20-19(21)18-16-8-4-3-7-14(16)10-15-9-12-5-1-2-6-13(12)11-17(15)18/h1-19H,(H,32,33);1-15H,(H,26,27);2*1-11H,(H,20,21). The maximum absolute atomic E-state index is 11.8. The molecule has 0 aromatic heterocycles. The molecule has 0 atom stereocenters. The fourth-order valence-corrected chi connectivity index (χ4v) is 15.0. The van der Waals surface area contributed by atoms with E-state index in [1.54, 1.807) is 24.3 Å². The smallest absolute Gasteiger partial charge is 0.336 e. The summed E-state index contributed by atoms with van der Waals surface area (Å²) < 4.78 is 0.645. The highest BCUT2D eigenvalue weighted by Crippen LogP contribution is 2.42. The fourth-order valence-electron chi connectivity index (χ4n) is 14.5. The molecule has 0 saturated heterocycles. The monoisotopic (exact) mass is 1350 g/mol. The molecular weight excluding hydrogens is 1290 g/mol. The van der Waals surface area contributed by atoms with E-state index < -0.39 is 17.9 Å². The van der Waals surface area contributed by atoms with Gasteiger partial charge in [-0.3, -0.25) is 0 Å². The van der Waals surface area contributed by atoms with Gasteiger partial charge in [0.25, 0.3) is 0 Å². The molecule has 0 aliphatic rings. The predicted molar refractivity (Wildman–Crippen MR) is 434 cm³/mol. The van der Waals surface area contributed by atoms with Gasteiger partial charge in [-0.25, -0.2) is 14.4 Å². The third kappa shape index (κ3) is 12.3. The van der Waals surface area contributed by atoms with Crippen LogP contribution in [0.4, 0.5) is 0 Å². The molecule has 0 unspecified atom stereocenters. The van der Waals surface area contributed by atoms with Crippen molar-refractivity contribution in [3.05, 3.63) is 362 Å². The van der Waals surface area contributed by atoms with Crippen LogP contribution >= 0.6 is 24.8 Å². The molecule has 0 bridgehead atoms. The van der Waals surface area contributed by atoms with Crippen LogP contribution in [0.5, 0.6) is 0 Å². The highest BCUT2D eigenvalue weighted by Gasteiger charge is 2.18. The van der Waals surface area contributed by atoms with Crippen LogP contribution in [0.2, 0.25) is 0 Å². The molecule has 102 heavy (non-hydrogen) atoms. The molecule has 0 fully saturated rings. The van der Waals surface area contributed by atoms with Crippen molar-refractivity contribution in [1.29, 1.82) is 0 Å². The SMILES string of the molecule is O=C(O)c1c2ccccc2cc2cc3ccccc3cc12.O=C(O)c1ccc(-c2c3ccccc3cc3cc4ccccc4cc23)cc1.O=C(O)c1ccc(-c2ccc(-c3c4ccccc4cc4cc5ccccc5cc34)cc2)cc1.S=C(S)c1c2ccccc2cc2cc3ccccc3cc12. The van der Waals surface area contributed by atoms with E-state index in [1.165, 1.54) is 103 Å². The lowest BCUT2D eigenvalue weighted by molar-refractivity contribution is 0.0686. The van der Waals surface area contributed by atoms with Crippen LogP contribution in [0, 0.1) is 0 Å². The van der Waals surface area contributed by atoms with E-state index in [0.717, 1.165) is 65.7 Å². The van der Waals surface area contributed by atoms with E-state index in [4.69, 9.17) is 17.3 Å². The first-order chi connectivity index (χ1) is 49.8. The molecule has 0 radical (unpaired) electrons. The van der Waals surface area contributed by atoms with Crippen molar-refractivity contribution in [2.75, 3.05) is 0 Å². The predicted octanol–water partition coefficient (Wildman–Crippen LogP) is 25.3. The lowest BCUT2D eigenvalue weighted by Crippen LogP contribution is -1.99. The molecule has 0 aliphatic heterocycles. The van der Waals surface area contributed by atoms with Gasteiger partial charge in [-0.1, -0.05) is 255 Å². The van der Waals surface area contributed by atoms with Gasteiger partial charge in [-0.05, 0) is 260 Å². The molecule has 0 aliphatic carbocycles. The summed E-state index contributed by atoms with van der Waals surface area (Å²) in [5.74, 6) is -2.70. The van der Waals surface area contributed by atoms with E-state index >= 15 is 0 Å². The third-order valence-corrected chi connectivity index (χ3v) is 19.8. The normalized spacial score (nSPS) is 11.3. The van der Waals surface area contributed by atoms with Crippen LogP contribution in [-0.2, 0) is 0 Å². The van der Waals surface area contributed by atoms with Crippen LogP contribution < -0.4 is 0 Å². The van der Waals surface area contributed by atoms with Gasteiger partial charge < -0.3 is 15.3 Å². The quantitative estimate of drug-likeness (QED) is 0.0714. The zero-order valence-electron chi connectivity index (χ0n) is 54.8. The lowest BCUT2D eigenvalue weighted by atomic mass is 9.90. The number of hydrogen-bond donors (Lipinski definition) is 4. The molecule has 0 amide bonds. The number of carboxylic acids is 3. The first kappa shape index (κ1) is 63.9. The van der Waals surface area contributed by atoms with E-state index in [1.807, 2.05) is 97.1 Å². The number of carboxylic acid groups (broad SMARTS) is 3. The number of thiocarbonyl (C=S) groups is 1. The molecular formula is C94H60O6S2. The number of benzene rings is 19. The van der Waals surface area contributed by atoms with Gasteiger partial charge in [0, 0.05) is 5.56 Å². The van der Waals surface area contributed by atoms with Gasteiger partial charge in [0.1, 0.15) is 0 Å². The molecule has 484 valence electrons. The Labute approximate surface area is 597 Å². The van der Waals surface area contributed by atoms with Gasteiger partial charge in [0.05, 0.1) is 20.9 Å². The molecule has 8 heteroatoms. The van der Waals surface area contributed by atoms with Crippen molar-refractivity contribution in [2.45, 2.75) is 0 Å². The Kier molecular flexibility index (Phi) is 17.0. The van der Waals surface area contributed by atoms with Crippen molar-refractivity contribution in [1.82, 2.24) is 0 Å². The van der Waals surface area contributed by atoms with Gasteiger partial charge in [0.2, 0.25) is 0 Å². The van der Waals surface area contributed by atoms with Crippen molar-refractivity contribution in [3.8, 4) is 33.4 Å². The molecule has 6 nitrogen and oxygen atoms in total. The van der Waals surface area contributed by atoms with Crippen molar-refractivity contribution in [2.24, 2.45) is 0 Å². The molecule has 19 aromatic rings. The average Bonchev–Trinajstić information content (AvgIpc) is 0.771. The Morgan fingerprint density at radius 1 is 0.216 bits per heavy atom. The second-order valence-corrected chi connectivity index (χ2v) is 26.7. The molecule has 0 saturated carbocycles.